The Kier molecular flexibility index (Phi) is 4.66. The van der Waals surface area contributed by atoms with Gasteiger partial charge in [-0.05, 0) is 43.7 Å². The van der Waals surface area contributed by atoms with Gasteiger partial charge in [-0.2, -0.15) is 0 Å². The second-order valence-electron chi connectivity index (χ2n) is 5.10. The van der Waals surface area contributed by atoms with Gasteiger partial charge in [0.15, 0.2) is 0 Å². The molecule has 0 aromatic carbocycles. The Hall–Kier alpha value is -0.430. The first-order valence-corrected chi connectivity index (χ1v) is 9.05. The van der Waals surface area contributed by atoms with Crippen LogP contribution in [0.15, 0.2) is 16.3 Å². The maximum Gasteiger partial charge on any atom is 0.250 e. The summed E-state index contributed by atoms with van der Waals surface area (Å²) in [6.45, 7) is 3.99. The van der Waals surface area contributed by atoms with Crippen molar-refractivity contribution in [3.05, 3.63) is 17.0 Å². The normalized spacial score (nSPS) is 25.0. The third-order valence-electron chi connectivity index (χ3n) is 3.72. The first-order valence-electron chi connectivity index (χ1n) is 6.75. The maximum absolute atomic E-state index is 12.3. The Morgan fingerprint density at radius 3 is 2.58 bits per heavy atom. The van der Waals surface area contributed by atoms with Crippen LogP contribution in [-0.4, -0.2) is 25.7 Å². The summed E-state index contributed by atoms with van der Waals surface area (Å²) in [6, 6.07) is 3.47. The van der Waals surface area contributed by atoms with Gasteiger partial charge >= 0.3 is 0 Å². The van der Waals surface area contributed by atoms with E-state index in [2.05, 4.69) is 4.72 Å². The molecule has 0 spiro atoms. The number of nitrogens with one attached hydrogen (secondary N) is 1. The molecule has 1 aromatic rings. The number of sulfonamides is 1. The summed E-state index contributed by atoms with van der Waals surface area (Å²) in [7, 11) is -3.41. The smallest absolute Gasteiger partial charge is 0.250 e. The quantitative estimate of drug-likeness (QED) is 0.846. The monoisotopic (exact) mass is 303 g/mol. The van der Waals surface area contributed by atoms with E-state index in [9.17, 15) is 13.5 Å². The van der Waals surface area contributed by atoms with Crippen LogP contribution in [0.3, 0.4) is 0 Å². The molecule has 0 aliphatic heterocycles. The zero-order valence-corrected chi connectivity index (χ0v) is 12.9. The Bertz CT molecular complexity index is 518. The predicted molar refractivity (Wildman–Crippen MR) is 76.8 cm³/mol. The molecule has 4 nitrogen and oxygen atoms in total. The van der Waals surface area contributed by atoms with Gasteiger partial charge in [-0.15, -0.1) is 11.3 Å². The van der Waals surface area contributed by atoms with Gasteiger partial charge < -0.3 is 5.11 Å². The van der Waals surface area contributed by atoms with Crippen LogP contribution in [0.4, 0.5) is 0 Å². The Balaban J connectivity index is 2.07. The van der Waals surface area contributed by atoms with Gasteiger partial charge in [0.2, 0.25) is 10.0 Å². The van der Waals surface area contributed by atoms with E-state index in [1.165, 1.54) is 11.3 Å². The number of hydrogen-bond donors (Lipinski definition) is 2. The summed E-state index contributed by atoms with van der Waals surface area (Å²) in [5.74, 6) is 0.264. The van der Waals surface area contributed by atoms with Gasteiger partial charge in [-0.25, -0.2) is 13.1 Å². The van der Waals surface area contributed by atoms with Gasteiger partial charge in [-0.3, -0.25) is 0 Å². The molecule has 0 saturated heterocycles. The molecule has 1 aromatic heterocycles. The zero-order valence-electron chi connectivity index (χ0n) is 11.3. The average Bonchev–Trinajstić information content (AvgIpc) is 2.82. The van der Waals surface area contributed by atoms with Crippen molar-refractivity contribution in [2.24, 2.45) is 5.92 Å². The van der Waals surface area contributed by atoms with Gasteiger partial charge in [0.05, 0.1) is 6.10 Å². The Morgan fingerprint density at radius 2 is 2.11 bits per heavy atom. The van der Waals surface area contributed by atoms with E-state index in [-0.39, 0.29) is 18.1 Å². The second kappa shape index (κ2) is 5.91. The van der Waals surface area contributed by atoms with Crippen LogP contribution in [0, 0.1) is 5.92 Å². The van der Waals surface area contributed by atoms with Gasteiger partial charge in [0.1, 0.15) is 4.21 Å². The summed E-state index contributed by atoms with van der Waals surface area (Å²) in [5, 5.41) is 9.34. The number of hydrogen-bond acceptors (Lipinski definition) is 4. The molecule has 6 heteroatoms. The summed E-state index contributed by atoms with van der Waals surface area (Å²) < 4.78 is 27.8. The topological polar surface area (TPSA) is 66.4 Å². The van der Waals surface area contributed by atoms with E-state index in [1.807, 2.05) is 19.9 Å². The van der Waals surface area contributed by atoms with Crippen molar-refractivity contribution in [1.29, 1.82) is 0 Å². The van der Waals surface area contributed by atoms with Gasteiger partial charge in [0.25, 0.3) is 0 Å². The fourth-order valence-electron chi connectivity index (χ4n) is 2.42. The Morgan fingerprint density at radius 1 is 1.42 bits per heavy atom. The molecule has 1 aliphatic carbocycles. The molecule has 0 radical (unpaired) electrons. The molecule has 2 N–H and O–H groups in total. The molecule has 2 rings (SSSR count). The lowest BCUT2D eigenvalue weighted by Crippen LogP contribution is -2.46. The highest BCUT2D eigenvalue weighted by molar-refractivity contribution is 7.91. The fraction of sp³-hybridized carbons (Fsp3) is 0.692. The number of aliphatic hydroxyl groups is 1. The first-order chi connectivity index (χ1) is 8.96. The minimum Gasteiger partial charge on any atom is -0.393 e. The number of thiophene rings is 1. The van der Waals surface area contributed by atoms with E-state index in [4.69, 9.17) is 0 Å². The number of aliphatic hydroxyl groups excluding tert-OH is 1. The SMILES string of the molecule is CCc1ccc(S(=O)(=O)N[C@@H](CC)C2CC(O)C2)s1. The lowest BCUT2D eigenvalue weighted by Gasteiger charge is -2.37. The third-order valence-corrected chi connectivity index (χ3v) is 6.93. The molecular weight excluding hydrogens is 282 g/mol. The van der Waals surface area contributed by atoms with Gasteiger partial charge in [0, 0.05) is 10.9 Å². The fourth-order valence-corrected chi connectivity index (χ4v) is 5.12. The second-order valence-corrected chi connectivity index (χ2v) is 8.20. The number of rotatable bonds is 6. The highest BCUT2D eigenvalue weighted by atomic mass is 32.2. The molecule has 19 heavy (non-hydrogen) atoms. The highest BCUT2D eigenvalue weighted by Crippen LogP contribution is 2.32. The molecule has 1 heterocycles. The van der Waals surface area contributed by atoms with Crippen LogP contribution in [-0.2, 0) is 16.4 Å². The lowest BCUT2D eigenvalue weighted by atomic mass is 9.77. The van der Waals surface area contributed by atoms with Crippen molar-refractivity contribution < 1.29 is 13.5 Å². The van der Waals surface area contributed by atoms with Crippen molar-refractivity contribution in [2.45, 2.75) is 55.9 Å². The van der Waals surface area contributed by atoms with E-state index < -0.39 is 10.0 Å². The molecule has 1 aliphatic rings. The van der Waals surface area contributed by atoms with Crippen molar-refractivity contribution in [2.75, 3.05) is 0 Å². The predicted octanol–water partition coefficient (Wildman–Crippen LogP) is 2.14. The summed E-state index contributed by atoms with van der Waals surface area (Å²) in [6.07, 6.45) is 2.75. The molecule has 108 valence electrons. The van der Waals surface area contributed by atoms with Crippen LogP contribution in [0.5, 0.6) is 0 Å². The van der Waals surface area contributed by atoms with Crippen LogP contribution in [0.25, 0.3) is 0 Å². The summed E-state index contributed by atoms with van der Waals surface area (Å²) >= 11 is 1.33. The van der Waals surface area contributed by atoms with E-state index in [1.54, 1.807) is 6.07 Å². The molecule has 0 unspecified atom stereocenters. The average molecular weight is 303 g/mol. The van der Waals surface area contributed by atoms with Crippen LogP contribution in [0.1, 0.15) is 38.0 Å². The van der Waals surface area contributed by atoms with E-state index in [0.29, 0.717) is 17.1 Å². The molecular formula is C13H21NO3S2. The zero-order chi connectivity index (χ0) is 14.0. The summed E-state index contributed by atoms with van der Waals surface area (Å²) in [5.41, 5.74) is 0. The van der Waals surface area contributed by atoms with Crippen molar-refractivity contribution in [3.63, 3.8) is 0 Å². The minimum absolute atomic E-state index is 0.0689. The van der Waals surface area contributed by atoms with E-state index in [0.717, 1.165) is 17.7 Å². The van der Waals surface area contributed by atoms with Crippen molar-refractivity contribution >= 4 is 21.4 Å². The standard InChI is InChI=1S/C13H21NO3S2/c1-3-11-5-6-13(18-11)19(16,17)14-12(4-2)9-7-10(15)8-9/h5-6,9-10,12,14-15H,3-4,7-8H2,1-2H3/t9?,10?,12-/m0/s1. The molecule has 1 fully saturated rings. The maximum atomic E-state index is 12.3. The highest BCUT2D eigenvalue weighted by Gasteiger charge is 2.35. The molecule has 1 saturated carbocycles. The van der Waals surface area contributed by atoms with Crippen molar-refractivity contribution in [3.8, 4) is 0 Å². The van der Waals surface area contributed by atoms with Crippen LogP contribution in [0.2, 0.25) is 0 Å². The lowest BCUT2D eigenvalue weighted by molar-refractivity contribution is 0.0277. The minimum atomic E-state index is -3.41. The van der Waals surface area contributed by atoms with Crippen LogP contribution < -0.4 is 4.72 Å². The van der Waals surface area contributed by atoms with Gasteiger partial charge in [-0.1, -0.05) is 13.8 Å². The third kappa shape index (κ3) is 3.37. The number of aryl methyl sites for hydroxylation is 1. The summed E-state index contributed by atoms with van der Waals surface area (Å²) in [4.78, 5) is 1.08. The van der Waals surface area contributed by atoms with Crippen molar-refractivity contribution in [1.82, 2.24) is 4.72 Å². The van der Waals surface area contributed by atoms with E-state index >= 15 is 0 Å². The molecule has 1 atom stereocenters. The van der Waals surface area contributed by atoms with Crippen LogP contribution >= 0.6 is 11.3 Å². The first kappa shape index (κ1) is 15.0. The molecule has 0 amide bonds. The Labute approximate surface area is 118 Å². The molecule has 0 bridgehead atoms. The largest absolute Gasteiger partial charge is 0.393 e.